The molecule has 1 aliphatic rings. The molecule has 4 atom stereocenters. The average Bonchev–Trinajstić information content (AvgIpc) is 3.50. The van der Waals surface area contributed by atoms with Crippen molar-refractivity contribution in [2.75, 3.05) is 7.11 Å². The molecule has 0 amide bonds. The summed E-state index contributed by atoms with van der Waals surface area (Å²) in [4.78, 5) is 49.8. The first-order chi connectivity index (χ1) is 17.5. The van der Waals surface area contributed by atoms with Crippen molar-refractivity contribution in [1.82, 2.24) is 15.0 Å². The minimum atomic E-state index is -1.22. The maximum atomic E-state index is 13.0. The Morgan fingerprint density at radius 3 is 1.97 bits per heavy atom. The molecule has 186 valence electrons. The number of hydrogen-bond acceptors (Lipinski definition) is 10. The summed E-state index contributed by atoms with van der Waals surface area (Å²) in [7, 11) is 1.14. The van der Waals surface area contributed by atoms with Crippen molar-refractivity contribution in [2.45, 2.75) is 37.9 Å². The van der Waals surface area contributed by atoms with E-state index in [1.807, 2.05) is 0 Å². The second-order valence-electron chi connectivity index (χ2n) is 7.82. The van der Waals surface area contributed by atoms with Crippen LogP contribution < -0.4 is 0 Å². The third-order valence-corrected chi connectivity index (χ3v) is 5.66. The fraction of sp³-hybridized carbons (Fsp3) is 0.280. The van der Waals surface area contributed by atoms with Crippen molar-refractivity contribution in [2.24, 2.45) is 0 Å². The third-order valence-electron chi connectivity index (χ3n) is 5.66. The molecule has 11 nitrogen and oxygen atoms in total. The van der Waals surface area contributed by atoms with E-state index < -0.39 is 42.4 Å². The van der Waals surface area contributed by atoms with Crippen LogP contribution in [0.4, 0.5) is 0 Å². The van der Waals surface area contributed by atoms with Gasteiger partial charge >= 0.3 is 17.9 Å². The molecule has 1 fully saturated rings. The molecular weight excluding hydrogens is 470 g/mol. The van der Waals surface area contributed by atoms with E-state index in [4.69, 9.17) is 14.2 Å². The van der Waals surface area contributed by atoms with E-state index in [0.29, 0.717) is 18.3 Å². The van der Waals surface area contributed by atoms with Crippen molar-refractivity contribution in [3.05, 3.63) is 83.2 Å². The molecular formula is C25H23N3O8. The number of aromatic nitrogens is 3. The Kier molecular flexibility index (Phi) is 7.50. The van der Waals surface area contributed by atoms with Crippen LogP contribution in [0.2, 0.25) is 0 Å². The molecule has 3 aromatic rings. The van der Waals surface area contributed by atoms with Gasteiger partial charge in [-0.2, -0.15) is 0 Å². The topological polar surface area (TPSA) is 136 Å². The minimum Gasteiger partial charge on any atom is -0.464 e. The smallest absolute Gasteiger partial charge is 0.361 e. The number of rotatable bonds is 8. The number of benzene rings is 2. The van der Waals surface area contributed by atoms with Crippen LogP contribution in [0.15, 0.2) is 60.7 Å². The second-order valence-corrected chi connectivity index (χ2v) is 7.82. The van der Waals surface area contributed by atoms with Gasteiger partial charge in [-0.3, -0.25) is 4.79 Å². The Bertz CT molecular complexity index is 1240. The van der Waals surface area contributed by atoms with Gasteiger partial charge in [-0.1, -0.05) is 48.5 Å². The number of nitrogens with zero attached hydrogens (tertiary/aromatic N) is 3. The predicted octanol–water partition coefficient (Wildman–Crippen LogP) is 2.64. The van der Waals surface area contributed by atoms with E-state index in [1.54, 1.807) is 67.6 Å². The quantitative estimate of drug-likeness (QED) is 0.262. The third kappa shape index (κ3) is 4.86. The van der Waals surface area contributed by atoms with Gasteiger partial charge in [-0.15, -0.1) is 5.10 Å². The number of carbonyl (C=O) groups is 4. The lowest BCUT2D eigenvalue weighted by atomic mass is 10.1. The van der Waals surface area contributed by atoms with Gasteiger partial charge in [0, 0.05) is 0 Å². The highest BCUT2D eigenvalue weighted by Crippen LogP contribution is 2.36. The maximum Gasteiger partial charge on any atom is 0.361 e. The molecule has 36 heavy (non-hydrogen) atoms. The van der Waals surface area contributed by atoms with E-state index in [0.717, 1.165) is 11.8 Å². The van der Waals surface area contributed by atoms with E-state index in [1.165, 1.54) is 0 Å². The molecule has 1 aromatic heterocycles. The van der Waals surface area contributed by atoms with Crippen molar-refractivity contribution in [3.63, 3.8) is 0 Å². The Morgan fingerprint density at radius 2 is 1.47 bits per heavy atom. The minimum absolute atomic E-state index is 0.238. The number of hydrogen-bond donors (Lipinski definition) is 0. The summed E-state index contributed by atoms with van der Waals surface area (Å²) in [5, 5.41) is 7.62. The molecule has 0 aliphatic carbocycles. The molecule has 2 heterocycles. The Hall–Kier alpha value is -4.38. The van der Waals surface area contributed by atoms with Gasteiger partial charge in [-0.05, 0) is 30.7 Å². The summed E-state index contributed by atoms with van der Waals surface area (Å²) < 4.78 is 23.3. The summed E-state index contributed by atoms with van der Waals surface area (Å²) in [6.45, 7) is 1.80. The zero-order valence-electron chi connectivity index (χ0n) is 19.5. The van der Waals surface area contributed by atoms with Gasteiger partial charge < -0.3 is 18.9 Å². The van der Waals surface area contributed by atoms with Crippen LogP contribution >= 0.6 is 0 Å². The first-order valence-corrected chi connectivity index (χ1v) is 11.1. The highest BCUT2D eigenvalue weighted by molar-refractivity contribution is 5.95. The molecule has 0 radical (unpaired) electrons. The molecule has 11 heteroatoms. The zero-order valence-corrected chi connectivity index (χ0v) is 19.5. The monoisotopic (exact) mass is 493 g/mol. The maximum absolute atomic E-state index is 13.0. The number of aldehydes is 1. The predicted molar refractivity (Wildman–Crippen MR) is 122 cm³/mol. The summed E-state index contributed by atoms with van der Waals surface area (Å²) in [6, 6.07) is 16.5. The van der Waals surface area contributed by atoms with E-state index in [-0.39, 0.29) is 17.0 Å². The molecule has 4 unspecified atom stereocenters. The lowest BCUT2D eigenvalue weighted by Crippen LogP contribution is -2.40. The average molecular weight is 493 g/mol. The first kappa shape index (κ1) is 24.7. The molecule has 2 aromatic carbocycles. The summed E-state index contributed by atoms with van der Waals surface area (Å²) >= 11 is 0. The number of esters is 3. The van der Waals surface area contributed by atoms with Crippen LogP contribution in [-0.2, 0) is 18.9 Å². The van der Waals surface area contributed by atoms with Crippen LogP contribution in [0, 0.1) is 0 Å². The molecule has 1 aliphatic heterocycles. The molecule has 0 spiro atoms. The number of methoxy groups -OCH3 is 1. The van der Waals surface area contributed by atoms with Crippen LogP contribution in [0.25, 0.3) is 0 Å². The number of ether oxygens (including phenoxy) is 4. The molecule has 4 rings (SSSR count). The van der Waals surface area contributed by atoms with Crippen molar-refractivity contribution < 1.29 is 38.1 Å². The van der Waals surface area contributed by atoms with Crippen LogP contribution in [0.3, 0.4) is 0 Å². The normalized spacial score (nSPS) is 20.9. The molecule has 1 saturated heterocycles. The van der Waals surface area contributed by atoms with Crippen LogP contribution in [-0.4, -0.2) is 64.6 Å². The van der Waals surface area contributed by atoms with Crippen molar-refractivity contribution in [3.8, 4) is 0 Å². The SMILES string of the molecule is CCC1OC(n2nnc(C(=O)OC)c2C=O)C(OC(=O)c2ccccc2)C1OC(=O)c1ccccc1. The lowest BCUT2D eigenvalue weighted by Gasteiger charge is -2.24. The first-order valence-electron chi connectivity index (χ1n) is 11.1. The van der Waals surface area contributed by atoms with Crippen molar-refractivity contribution in [1.29, 1.82) is 0 Å². The van der Waals surface area contributed by atoms with Crippen LogP contribution in [0.5, 0.6) is 0 Å². The Morgan fingerprint density at radius 1 is 0.917 bits per heavy atom. The van der Waals surface area contributed by atoms with Gasteiger partial charge in [0.1, 0.15) is 11.8 Å². The summed E-state index contributed by atoms with van der Waals surface area (Å²) in [6.07, 6.45) is -3.47. The van der Waals surface area contributed by atoms with Gasteiger partial charge in [0.25, 0.3) is 0 Å². The lowest BCUT2D eigenvalue weighted by molar-refractivity contribution is -0.0574. The Labute approximate surface area is 205 Å². The summed E-state index contributed by atoms with van der Waals surface area (Å²) in [5.41, 5.74) is -0.0143. The van der Waals surface area contributed by atoms with Gasteiger partial charge in [-0.25, -0.2) is 19.1 Å². The van der Waals surface area contributed by atoms with E-state index in [9.17, 15) is 19.2 Å². The summed E-state index contributed by atoms with van der Waals surface area (Å²) in [5.74, 6) is -2.22. The number of carbonyl (C=O) groups excluding carboxylic acids is 4. The largest absolute Gasteiger partial charge is 0.464 e. The van der Waals surface area contributed by atoms with Gasteiger partial charge in [0.05, 0.1) is 18.2 Å². The van der Waals surface area contributed by atoms with E-state index in [2.05, 4.69) is 15.0 Å². The molecule has 0 saturated carbocycles. The Balaban J connectivity index is 1.72. The van der Waals surface area contributed by atoms with Gasteiger partial charge in [0.15, 0.2) is 24.7 Å². The second kappa shape index (κ2) is 10.9. The van der Waals surface area contributed by atoms with Crippen LogP contribution in [0.1, 0.15) is 61.3 Å². The highest BCUT2D eigenvalue weighted by Gasteiger charge is 2.51. The zero-order chi connectivity index (χ0) is 25.7. The highest BCUT2D eigenvalue weighted by atomic mass is 16.6. The standard InChI is InChI=1S/C25H23N3O8/c1-3-18-20(35-23(30)15-10-6-4-7-11-15)21(36-24(31)16-12-8-5-9-13-16)22(34-18)28-17(14-29)19(26-27-28)25(32)33-2/h4-14,18,20-22H,3H2,1-2H3. The molecule has 0 bridgehead atoms. The molecule has 0 N–H and O–H groups in total. The fourth-order valence-corrected chi connectivity index (χ4v) is 3.87. The van der Waals surface area contributed by atoms with Crippen molar-refractivity contribution >= 4 is 24.2 Å². The van der Waals surface area contributed by atoms with Gasteiger partial charge in [0.2, 0.25) is 5.69 Å². The van der Waals surface area contributed by atoms with E-state index >= 15 is 0 Å². The fourth-order valence-electron chi connectivity index (χ4n) is 3.87.